The van der Waals surface area contributed by atoms with Gasteiger partial charge in [0.05, 0.1) is 43.0 Å². The van der Waals surface area contributed by atoms with Crippen molar-refractivity contribution in [3.63, 3.8) is 0 Å². The number of amides is 2. The molecule has 14 nitrogen and oxygen atoms in total. The highest BCUT2D eigenvalue weighted by molar-refractivity contribution is 6.29. The van der Waals surface area contributed by atoms with Crippen molar-refractivity contribution in [1.82, 2.24) is 35.3 Å². The van der Waals surface area contributed by atoms with Crippen LogP contribution in [0.2, 0.25) is 5.15 Å². The molecule has 3 heterocycles. The Hall–Kier alpha value is -4.89. The minimum atomic E-state index is -2.79. The van der Waals surface area contributed by atoms with Crippen LogP contribution < -0.4 is 20.7 Å². The van der Waals surface area contributed by atoms with E-state index in [1.807, 2.05) is 5.32 Å². The van der Waals surface area contributed by atoms with Crippen LogP contribution >= 0.6 is 11.6 Å². The second-order valence-electron chi connectivity index (χ2n) is 10.3. The van der Waals surface area contributed by atoms with Crippen LogP contribution in [0.4, 0.5) is 26.4 Å². The number of carbonyl (C=O) groups is 2. The average Bonchev–Trinajstić information content (AvgIpc) is 3.36. The first-order chi connectivity index (χ1) is 22.0. The van der Waals surface area contributed by atoms with E-state index in [2.05, 4.69) is 35.9 Å². The number of pyridine rings is 1. The molecule has 0 fully saturated rings. The SMILES string of the molecule is [2H]C([2H])([2H])NC(=O)c1nnc(Cl)cc1Nc1cc(COCc2cc(F)cc(NC(=O)OC(C)(C)C)n2)cc(-c2ncn(C)n2)c1OC. The molecule has 0 unspecified atom stereocenters. The molecule has 4 aromatic rings. The maximum atomic E-state index is 14.4. The number of carbonyl (C=O) groups excluding carboxylic acids is 2. The minimum Gasteiger partial charge on any atom is -0.494 e. The van der Waals surface area contributed by atoms with Crippen LogP contribution in [0.3, 0.4) is 0 Å². The van der Waals surface area contributed by atoms with Gasteiger partial charge < -0.3 is 24.8 Å². The summed E-state index contributed by atoms with van der Waals surface area (Å²) in [6, 6.07) is 6.86. The van der Waals surface area contributed by atoms with Gasteiger partial charge in [-0.3, -0.25) is 14.8 Å². The zero-order valence-corrected chi connectivity index (χ0v) is 25.1. The van der Waals surface area contributed by atoms with E-state index < -0.39 is 30.4 Å². The van der Waals surface area contributed by atoms with Gasteiger partial charge in [0.1, 0.15) is 23.6 Å². The summed E-state index contributed by atoms with van der Waals surface area (Å²) in [5.41, 5.74) is 0.390. The molecule has 44 heavy (non-hydrogen) atoms. The van der Waals surface area contributed by atoms with E-state index in [1.165, 1.54) is 24.2 Å². The number of rotatable bonds is 10. The molecule has 16 heteroatoms. The van der Waals surface area contributed by atoms with Gasteiger partial charge in [0, 0.05) is 30.3 Å². The van der Waals surface area contributed by atoms with Crippen LogP contribution in [0.25, 0.3) is 11.4 Å². The number of methoxy groups -OCH3 is 1. The summed E-state index contributed by atoms with van der Waals surface area (Å²) in [5.74, 6) is -1.16. The Bertz CT molecular complexity index is 1780. The second-order valence-corrected chi connectivity index (χ2v) is 10.6. The van der Waals surface area contributed by atoms with Crippen molar-refractivity contribution in [2.75, 3.05) is 24.7 Å². The van der Waals surface area contributed by atoms with Gasteiger partial charge in [-0.1, -0.05) is 11.6 Å². The first-order valence-corrected chi connectivity index (χ1v) is 13.3. The topological polar surface area (TPSA) is 167 Å². The Kier molecular flexibility index (Phi) is 8.63. The summed E-state index contributed by atoms with van der Waals surface area (Å²) in [4.78, 5) is 33.4. The number of aryl methyl sites for hydroxylation is 1. The number of nitrogens with zero attached hydrogens (tertiary/aromatic N) is 6. The quantitative estimate of drug-likeness (QED) is 0.223. The van der Waals surface area contributed by atoms with Crippen molar-refractivity contribution in [3.8, 4) is 17.1 Å². The predicted molar refractivity (Wildman–Crippen MR) is 159 cm³/mol. The molecule has 0 aliphatic rings. The number of benzene rings is 1. The largest absolute Gasteiger partial charge is 0.494 e. The highest BCUT2D eigenvalue weighted by Crippen LogP contribution is 2.39. The Balaban J connectivity index is 1.63. The number of aromatic nitrogens is 6. The lowest BCUT2D eigenvalue weighted by molar-refractivity contribution is 0.0634. The third-order valence-electron chi connectivity index (χ3n) is 5.55. The number of halogens is 2. The fraction of sp³-hybridized carbons (Fsp3) is 0.321. The van der Waals surface area contributed by atoms with Crippen molar-refractivity contribution in [2.45, 2.75) is 39.6 Å². The normalized spacial score (nSPS) is 12.5. The number of ether oxygens (including phenoxy) is 3. The molecule has 0 spiro atoms. The Morgan fingerprint density at radius 3 is 2.59 bits per heavy atom. The van der Waals surface area contributed by atoms with E-state index in [1.54, 1.807) is 40.0 Å². The van der Waals surface area contributed by atoms with Crippen LogP contribution in [0, 0.1) is 5.82 Å². The molecule has 3 N–H and O–H groups in total. The first-order valence-electron chi connectivity index (χ1n) is 14.4. The molecular formula is C28H31ClFN9O5. The number of hydrogen-bond acceptors (Lipinski definition) is 11. The zero-order valence-electron chi connectivity index (χ0n) is 27.4. The fourth-order valence-electron chi connectivity index (χ4n) is 3.92. The van der Waals surface area contributed by atoms with Crippen molar-refractivity contribution in [3.05, 3.63) is 64.6 Å². The summed E-state index contributed by atoms with van der Waals surface area (Å²) in [6.45, 7) is 2.12. The summed E-state index contributed by atoms with van der Waals surface area (Å²) >= 11 is 6.07. The molecule has 232 valence electrons. The van der Waals surface area contributed by atoms with Crippen LogP contribution in [0.5, 0.6) is 5.75 Å². The van der Waals surface area contributed by atoms with E-state index in [0.29, 0.717) is 17.0 Å². The summed E-state index contributed by atoms with van der Waals surface area (Å²) in [5, 5.41) is 19.0. The maximum Gasteiger partial charge on any atom is 0.413 e. The van der Waals surface area contributed by atoms with Gasteiger partial charge in [-0.15, -0.1) is 10.2 Å². The van der Waals surface area contributed by atoms with Crippen LogP contribution in [0.15, 0.2) is 36.7 Å². The molecule has 0 saturated heterocycles. The van der Waals surface area contributed by atoms with E-state index in [-0.39, 0.29) is 52.7 Å². The Morgan fingerprint density at radius 1 is 1.11 bits per heavy atom. The van der Waals surface area contributed by atoms with Gasteiger partial charge in [-0.25, -0.2) is 19.2 Å². The molecule has 1 aromatic carbocycles. The van der Waals surface area contributed by atoms with Crippen molar-refractivity contribution in [1.29, 1.82) is 0 Å². The van der Waals surface area contributed by atoms with E-state index in [0.717, 1.165) is 12.1 Å². The Labute approximate surface area is 261 Å². The molecular weight excluding hydrogens is 597 g/mol. The van der Waals surface area contributed by atoms with Crippen LogP contribution in [0.1, 0.15) is 46.6 Å². The van der Waals surface area contributed by atoms with Crippen molar-refractivity contribution >= 4 is 40.8 Å². The maximum absolute atomic E-state index is 14.4. The third-order valence-corrected chi connectivity index (χ3v) is 5.73. The zero-order chi connectivity index (χ0) is 34.5. The average molecular weight is 631 g/mol. The Morgan fingerprint density at radius 2 is 1.91 bits per heavy atom. The predicted octanol–water partition coefficient (Wildman–Crippen LogP) is 4.64. The monoisotopic (exact) mass is 630 g/mol. The molecule has 2 amide bonds. The molecule has 0 aliphatic heterocycles. The van der Waals surface area contributed by atoms with Crippen molar-refractivity contribution < 1.29 is 32.3 Å². The standard InChI is InChI=1S/C28H31ClFN9O5/c1-28(2,3)44-27(41)35-22-10-16(30)9-17(33-22)13-43-12-15-7-18(25-32-14-39(5)38-25)24(42-6)20(8-15)34-19-11-21(29)36-37-23(19)26(40)31-4/h7-11,14H,12-13H2,1-6H3,(H,31,40)(H,34,36)(H,33,35,41)/i4D3. The highest BCUT2D eigenvalue weighted by Gasteiger charge is 2.21. The van der Waals surface area contributed by atoms with Gasteiger partial charge in [0.2, 0.25) is 0 Å². The van der Waals surface area contributed by atoms with Crippen LogP contribution in [-0.2, 0) is 29.7 Å². The van der Waals surface area contributed by atoms with Gasteiger partial charge in [-0.2, -0.15) is 5.10 Å². The fourth-order valence-corrected chi connectivity index (χ4v) is 4.07. The van der Waals surface area contributed by atoms with Gasteiger partial charge in [0.15, 0.2) is 22.4 Å². The molecule has 0 atom stereocenters. The smallest absolute Gasteiger partial charge is 0.413 e. The number of hydrogen-bond donors (Lipinski definition) is 3. The van der Waals surface area contributed by atoms with Gasteiger partial charge in [-0.05, 0) is 44.5 Å². The third kappa shape index (κ3) is 8.35. The molecule has 3 aromatic heterocycles. The van der Waals surface area contributed by atoms with E-state index in [9.17, 15) is 14.0 Å². The summed E-state index contributed by atoms with van der Waals surface area (Å²) in [6.07, 6.45) is 0.703. The lowest BCUT2D eigenvalue weighted by Gasteiger charge is -2.19. The first kappa shape index (κ1) is 27.9. The molecule has 0 saturated carbocycles. The van der Waals surface area contributed by atoms with Crippen molar-refractivity contribution in [2.24, 2.45) is 7.05 Å². The summed E-state index contributed by atoms with van der Waals surface area (Å²) < 4.78 is 54.7. The highest BCUT2D eigenvalue weighted by atomic mass is 35.5. The molecule has 0 radical (unpaired) electrons. The molecule has 0 bridgehead atoms. The van der Waals surface area contributed by atoms with Gasteiger partial charge >= 0.3 is 6.09 Å². The molecule has 0 aliphatic carbocycles. The minimum absolute atomic E-state index is 0.0250. The molecule has 4 rings (SSSR count). The number of nitrogens with one attached hydrogen (secondary N) is 3. The van der Waals surface area contributed by atoms with Gasteiger partial charge in [0.25, 0.3) is 5.91 Å². The summed E-state index contributed by atoms with van der Waals surface area (Å²) in [7, 11) is 3.11. The lowest BCUT2D eigenvalue weighted by Crippen LogP contribution is -2.27. The van der Waals surface area contributed by atoms with E-state index >= 15 is 0 Å². The number of anilines is 3. The van der Waals surface area contributed by atoms with E-state index in [4.69, 9.17) is 29.9 Å². The second kappa shape index (κ2) is 13.6. The lowest BCUT2D eigenvalue weighted by atomic mass is 10.1. The van der Waals surface area contributed by atoms with Crippen LogP contribution in [-0.4, -0.2) is 61.6 Å².